The fourth-order valence-electron chi connectivity index (χ4n) is 1.80. The summed E-state index contributed by atoms with van der Waals surface area (Å²) in [5.74, 6) is 1.88. The average molecular weight is 244 g/mol. The number of hydrogen-bond donors (Lipinski definition) is 2. The molecule has 3 nitrogen and oxygen atoms in total. The summed E-state index contributed by atoms with van der Waals surface area (Å²) in [5.41, 5.74) is 2.32. The molecule has 18 heavy (non-hydrogen) atoms. The summed E-state index contributed by atoms with van der Waals surface area (Å²) in [6.07, 6.45) is 0. The Balaban J connectivity index is 2.31. The summed E-state index contributed by atoms with van der Waals surface area (Å²) in [7, 11) is 0. The molecule has 0 radical (unpaired) electrons. The summed E-state index contributed by atoms with van der Waals surface area (Å²) in [5, 5.41) is 19.1. The summed E-state index contributed by atoms with van der Waals surface area (Å²) >= 11 is 0. The van der Waals surface area contributed by atoms with E-state index in [1.807, 2.05) is 20.8 Å². The number of hydrogen-bond acceptors (Lipinski definition) is 3. The lowest BCUT2D eigenvalue weighted by molar-refractivity contribution is 0.452. The molecular weight excluding hydrogens is 228 g/mol. The smallest absolute Gasteiger partial charge is 0.128 e. The van der Waals surface area contributed by atoms with Crippen molar-refractivity contribution in [2.75, 3.05) is 0 Å². The van der Waals surface area contributed by atoms with Crippen LogP contribution < -0.4 is 4.74 Å². The lowest BCUT2D eigenvalue weighted by Gasteiger charge is -2.10. The van der Waals surface area contributed by atoms with Gasteiger partial charge >= 0.3 is 0 Å². The summed E-state index contributed by atoms with van der Waals surface area (Å²) in [4.78, 5) is 0. The van der Waals surface area contributed by atoms with Crippen LogP contribution in [0.15, 0.2) is 30.3 Å². The van der Waals surface area contributed by atoms with Crippen LogP contribution in [0.1, 0.15) is 16.7 Å². The Labute approximate surface area is 106 Å². The van der Waals surface area contributed by atoms with E-state index in [1.165, 1.54) is 0 Å². The standard InChI is InChI=1S/C15H16O3/c1-9-6-12(4-5-14(9)16)18-13-7-10(2)15(17)11(3)8-13/h4-8,16-17H,1-3H3. The number of benzene rings is 2. The molecule has 0 aliphatic carbocycles. The Bertz CT molecular complexity index is 565. The van der Waals surface area contributed by atoms with Gasteiger partial charge in [0.2, 0.25) is 0 Å². The van der Waals surface area contributed by atoms with E-state index in [0.29, 0.717) is 17.2 Å². The highest BCUT2D eigenvalue weighted by atomic mass is 16.5. The van der Waals surface area contributed by atoms with Crippen molar-refractivity contribution in [1.82, 2.24) is 0 Å². The zero-order chi connectivity index (χ0) is 13.3. The van der Waals surface area contributed by atoms with Crippen molar-refractivity contribution in [3.8, 4) is 23.0 Å². The lowest BCUT2D eigenvalue weighted by atomic mass is 10.1. The first kappa shape index (κ1) is 12.3. The molecule has 0 aliphatic heterocycles. The van der Waals surface area contributed by atoms with E-state index in [2.05, 4.69) is 0 Å². The van der Waals surface area contributed by atoms with E-state index < -0.39 is 0 Å². The van der Waals surface area contributed by atoms with Gasteiger partial charge in [0.1, 0.15) is 23.0 Å². The van der Waals surface area contributed by atoms with E-state index in [-0.39, 0.29) is 5.75 Å². The van der Waals surface area contributed by atoms with Crippen LogP contribution in [0.2, 0.25) is 0 Å². The highest BCUT2D eigenvalue weighted by Gasteiger charge is 2.06. The topological polar surface area (TPSA) is 49.7 Å². The second kappa shape index (κ2) is 4.61. The van der Waals surface area contributed by atoms with E-state index in [0.717, 1.165) is 16.7 Å². The number of phenolic OH excluding ortho intramolecular Hbond substituents is 2. The molecule has 2 aromatic carbocycles. The molecule has 2 rings (SSSR count). The van der Waals surface area contributed by atoms with E-state index >= 15 is 0 Å². The van der Waals surface area contributed by atoms with Crippen LogP contribution in [0.5, 0.6) is 23.0 Å². The second-order valence-electron chi connectivity index (χ2n) is 4.46. The molecule has 0 spiro atoms. The van der Waals surface area contributed by atoms with Crippen LogP contribution in [0.25, 0.3) is 0 Å². The molecule has 0 saturated heterocycles. The lowest BCUT2D eigenvalue weighted by Crippen LogP contribution is -1.88. The molecular formula is C15H16O3. The molecule has 0 heterocycles. The van der Waals surface area contributed by atoms with Gasteiger partial charge < -0.3 is 14.9 Å². The average Bonchev–Trinajstić information content (AvgIpc) is 2.31. The van der Waals surface area contributed by atoms with Crippen LogP contribution in [0.4, 0.5) is 0 Å². The first-order valence-corrected chi connectivity index (χ1v) is 5.75. The predicted molar refractivity (Wildman–Crippen MR) is 70.5 cm³/mol. The van der Waals surface area contributed by atoms with E-state index in [9.17, 15) is 10.2 Å². The highest BCUT2D eigenvalue weighted by molar-refractivity contribution is 5.47. The van der Waals surface area contributed by atoms with Crippen molar-refractivity contribution < 1.29 is 14.9 Å². The van der Waals surface area contributed by atoms with Crippen molar-refractivity contribution in [2.24, 2.45) is 0 Å². The fourth-order valence-corrected chi connectivity index (χ4v) is 1.80. The molecule has 0 atom stereocenters. The monoisotopic (exact) mass is 244 g/mol. The number of aromatic hydroxyl groups is 2. The SMILES string of the molecule is Cc1cc(Oc2cc(C)c(O)c(C)c2)ccc1O. The molecule has 94 valence electrons. The van der Waals surface area contributed by atoms with Gasteiger partial charge in [-0.25, -0.2) is 0 Å². The number of phenols is 2. The molecule has 0 bridgehead atoms. The highest BCUT2D eigenvalue weighted by Crippen LogP contribution is 2.31. The molecule has 0 amide bonds. The van der Waals surface area contributed by atoms with Crippen LogP contribution in [-0.2, 0) is 0 Å². The van der Waals surface area contributed by atoms with Gasteiger partial charge in [0.15, 0.2) is 0 Å². The summed E-state index contributed by atoms with van der Waals surface area (Å²) in [6, 6.07) is 8.65. The molecule has 2 aromatic rings. The maximum Gasteiger partial charge on any atom is 0.128 e. The molecule has 3 heteroatoms. The third-order valence-electron chi connectivity index (χ3n) is 2.87. The zero-order valence-corrected chi connectivity index (χ0v) is 10.7. The van der Waals surface area contributed by atoms with Crippen LogP contribution >= 0.6 is 0 Å². The number of aryl methyl sites for hydroxylation is 3. The van der Waals surface area contributed by atoms with Gasteiger partial charge in [-0.2, -0.15) is 0 Å². The third-order valence-corrected chi connectivity index (χ3v) is 2.87. The van der Waals surface area contributed by atoms with E-state index in [1.54, 1.807) is 30.3 Å². The largest absolute Gasteiger partial charge is 0.508 e. The van der Waals surface area contributed by atoms with Crippen LogP contribution in [-0.4, -0.2) is 10.2 Å². The summed E-state index contributed by atoms with van der Waals surface area (Å²) in [6.45, 7) is 5.48. The molecule has 0 aromatic heterocycles. The van der Waals surface area contributed by atoms with Gasteiger partial charge in [-0.15, -0.1) is 0 Å². The van der Waals surface area contributed by atoms with Gasteiger partial charge in [-0.05, 0) is 67.8 Å². The van der Waals surface area contributed by atoms with Crippen LogP contribution in [0, 0.1) is 20.8 Å². The van der Waals surface area contributed by atoms with Gasteiger partial charge in [0.25, 0.3) is 0 Å². The number of rotatable bonds is 2. The van der Waals surface area contributed by atoms with Crippen molar-refractivity contribution >= 4 is 0 Å². The molecule has 0 fully saturated rings. The van der Waals surface area contributed by atoms with Gasteiger partial charge in [-0.1, -0.05) is 0 Å². The minimum Gasteiger partial charge on any atom is -0.508 e. The third kappa shape index (κ3) is 2.40. The van der Waals surface area contributed by atoms with Crippen molar-refractivity contribution in [3.05, 3.63) is 47.0 Å². The predicted octanol–water partition coefficient (Wildman–Crippen LogP) is 3.82. The Morgan fingerprint density at radius 1 is 0.778 bits per heavy atom. The zero-order valence-electron chi connectivity index (χ0n) is 10.7. The quantitative estimate of drug-likeness (QED) is 0.844. The van der Waals surface area contributed by atoms with Gasteiger partial charge in [-0.3, -0.25) is 0 Å². The first-order chi connectivity index (χ1) is 8.47. The Kier molecular flexibility index (Phi) is 3.15. The van der Waals surface area contributed by atoms with Crippen molar-refractivity contribution in [2.45, 2.75) is 20.8 Å². The Hall–Kier alpha value is -2.16. The Morgan fingerprint density at radius 3 is 1.89 bits per heavy atom. The molecule has 2 N–H and O–H groups in total. The minimum atomic E-state index is 0.250. The maximum atomic E-state index is 9.69. The number of ether oxygens (including phenoxy) is 1. The van der Waals surface area contributed by atoms with E-state index in [4.69, 9.17) is 4.74 Å². The summed E-state index contributed by atoms with van der Waals surface area (Å²) < 4.78 is 5.71. The molecule has 0 unspecified atom stereocenters. The van der Waals surface area contributed by atoms with Crippen LogP contribution in [0.3, 0.4) is 0 Å². The Morgan fingerprint density at radius 2 is 1.33 bits per heavy atom. The first-order valence-electron chi connectivity index (χ1n) is 5.75. The second-order valence-corrected chi connectivity index (χ2v) is 4.46. The minimum absolute atomic E-state index is 0.250. The van der Waals surface area contributed by atoms with Gasteiger partial charge in [0, 0.05) is 0 Å². The fraction of sp³-hybridized carbons (Fsp3) is 0.200. The molecule has 0 aliphatic rings. The van der Waals surface area contributed by atoms with Crippen molar-refractivity contribution in [1.29, 1.82) is 0 Å². The van der Waals surface area contributed by atoms with Crippen molar-refractivity contribution in [3.63, 3.8) is 0 Å². The maximum absolute atomic E-state index is 9.69. The van der Waals surface area contributed by atoms with Gasteiger partial charge in [0.05, 0.1) is 0 Å². The normalized spacial score (nSPS) is 10.4. The molecule has 0 saturated carbocycles.